The number of rotatable bonds is 4. The Morgan fingerprint density at radius 3 is 2.60 bits per heavy atom. The topological polar surface area (TPSA) is 61.0 Å². The molecule has 4 nitrogen and oxygen atoms in total. The number of hydrogen-bond acceptors (Lipinski definition) is 1. The van der Waals surface area contributed by atoms with E-state index in [1.165, 1.54) is 0 Å². The SMILES string of the molecule is CCNC(=O)NCCC[O]. The molecule has 10 heavy (non-hydrogen) atoms. The smallest absolute Gasteiger partial charge is 0.314 e. The van der Waals surface area contributed by atoms with Crippen molar-refractivity contribution in [3.8, 4) is 0 Å². The first-order valence-corrected chi connectivity index (χ1v) is 3.41. The van der Waals surface area contributed by atoms with Gasteiger partial charge in [0.1, 0.15) is 0 Å². The van der Waals surface area contributed by atoms with E-state index in [1.54, 1.807) is 0 Å². The largest absolute Gasteiger partial charge is 0.338 e. The zero-order valence-electron chi connectivity index (χ0n) is 6.14. The van der Waals surface area contributed by atoms with Crippen LogP contribution in [0.2, 0.25) is 0 Å². The molecule has 0 unspecified atom stereocenters. The molecule has 0 aliphatic heterocycles. The summed E-state index contributed by atoms with van der Waals surface area (Å²) in [7, 11) is 0. The lowest BCUT2D eigenvalue weighted by Crippen LogP contribution is -2.35. The molecule has 4 heteroatoms. The van der Waals surface area contributed by atoms with Crippen LogP contribution in [0.3, 0.4) is 0 Å². The highest BCUT2D eigenvalue weighted by atomic mass is 16.3. The summed E-state index contributed by atoms with van der Waals surface area (Å²) in [6.45, 7) is 2.79. The molecule has 0 aromatic rings. The van der Waals surface area contributed by atoms with Gasteiger partial charge in [0.25, 0.3) is 0 Å². The van der Waals surface area contributed by atoms with Crippen LogP contribution in [0.4, 0.5) is 4.79 Å². The van der Waals surface area contributed by atoms with Gasteiger partial charge in [0.2, 0.25) is 0 Å². The summed E-state index contributed by atoms with van der Waals surface area (Å²) in [5, 5.41) is 15.0. The third-order valence-corrected chi connectivity index (χ3v) is 0.944. The molecule has 59 valence electrons. The highest BCUT2D eigenvalue weighted by Gasteiger charge is 1.93. The van der Waals surface area contributed by atoms with Crippen LogP contribution in [0.5, 0.6) is 0 Å². The first kappa shape index (κ1) is 9.23. The summed E-state index contributed by atoms with van der Waals surface area (Å²) in [4.78, 5) is 10.6. The average molecular weight is 145 g/mol. The normalized spacial score (nSPS) is 9.00. The van der Waals surface area contributed by atoms with Crippen molar-refractivity contribution in [2.24, 2.45) is 0 Å². The molecule has 0 saturated carbocycles. The average Bonchev–Trinajstić information content (AvgIpc) is 1.89. The van der Waals surface area contributed by atoms with Crippen LogP contribution in [0.25, 0.3) is 0 Å². The lowest BCUT2D eigenvalue weighted by atomic mass is 10.4. The van der Waals surface area contributed by atoms with Crippen LogP contribution < -0.4 is 10.6 Å². The van der Waals surface area contributed by atoms with Crippen molar-refractivity contribution < 1.29 is 9.90 Å². The molecule has 0 aliphatic rings. The van der Waals surface area contributed by atoms with Crippen molar-refractivity contribution in [3.05, 3.63) is 0 Å². The van der Waals surface area contributed by atoms with Gasteiger partial charge in [-0.15, -0.1) is 0 Å². The predicted octanol–water partition coefficient (Wildman–Crippen LogP) is 0.126. The minimum atomic E-state index is -0.198. The third kappa shape index (κ3) is 5.37. The van der Waals surface area contributed by atoms with Gasteiger partial charge in [-0.25, -0.2) is 9.90 Å². The quantitative estimate of drug-likeness (QED) is 0.542. The molecule has 0 bridgehead atoms. The Bertz CT molecular complexity index is 95.7. The lowest BCUT2D eigenvalue weighted by molar-refractivity contribution is 0.188. The second-order valence-electron chi connectivity index (χ2n) is 1.84. The number of carbonyl (C=O) groups is 1. The van der Waals surface area contributed by atoms with E-state index in [4.69, 9.17) is 0 Å². The van der Waals surface area contributed by atoms with Gasteiger partial charge in [0, 0.05) is 13.1 Å². The zero-order valence-corrected chi connectivity index (χ0v) is 6.14. The molecular weight excluding hydrogens is 132 g/mol. The minimum Gasteiger partial charge on any atom is -0.338 e. The van der Waals surface area contributed by atoms with Gasteiger partial charge in [-0.3, -0.25) is 0 Å². The second kappa shape index (κ2) is 6.35. The van der Waals surface area contributed by atoms with E-state index in [0.29, 0.717) is 19.5 Å². The van der Waals surface area contributed by atoms with Gasteiger partial charge in [-0.2, -0.15) is 0 Å². The van der Waals surface area contributed by atoms with E-state index in [9.17, 15) is 9.90 Å². The van der Waals surface area contributed by atoms with E-state index in [2.05, 4.69) is 10.6 Å². The molecule has 1 radical (unpaired) electrons. The van der Waals surface area contributed by atoms with Gasteiger partial charge in [0.05, 0.1) is 6.61 Å². The Kier molecular flexibility index (Phi) is 5.86. The van der Waals surface area contributed by atoms with Crippen LogP contribution in [0, 0.1) is 0 Å². The summed E-state index contributed by atoms with van der Waals surface area (Å²) in [5.41, 5.74) is 0. The maximum Gasteiger partial charge on any atom is 0.314 e. The number of nitrogens with one attached hydrogen (secondary N) is 2. The molecule has 2 N–H and O–H groups in total. The van der Waals surface area contributed by atoms with Crippen LogP contribution >= 0.6 is 0 Å². The molecule has 0 fully saturated rings. The molecule has 2 amide bonds. The number of hydrogen-bond donors (Lipinski definition) is 2. The number of carbonyl (C=O) groups excluding carboxylic acids is 1. The van der Waals surface area contributed by atoms with Crippen LogP contribution in [0.1, 0.15) is 13.3 Å². The molecule has 0 aromatic heterocycles. The second-order valence-corrected chi connectivity index (χ2v) is 1.84. The fraction of sp³-hybridized carbons (Fsp3) is 0.833. The van der Waals surface area contributed by atoms with E-state index in [1.807, 2.05) is 6.92 Å². The first-order chi connectivity index (χ1) is 4.81. The van der Waals surface area contributed by atoms with E-state index < -0.39 is 0 Å². The van der Waals surface area contributed by atoms with Gasteiger partial charge in [-0.1, -0.05) is 0 Å². The van der Waals surface area contributed by atoms with Gasteiger partial charge < -0.3 is 10.6 Å². The van der Waals surface area contributed by atoms with Crippen LogP contribution in [-0.2, 0) is 5.11 Å². The monoisotopic (exact) mass is 145 g/mol. The van der Waals surface area contributed by atoms with Crippen LogP contribution in [-0.4, -0.2) is 25.7 Å². The third-order valence-electron chi connectivity index (χ3n) is 0.944. The summed E-state index contributed by atoms with van der Waals surface area (Å²) < 4.78 is 0. The number of urea groups is 1. The first-order valence-electron chi connectivity index (χ1n) is 3.41. The highest BCUT2D eigenvalue weighted by Crippen LogP contribution is 1.72. The van der Waals surface area contributed by atoms with Crippen molar-refractivity contribution in [2.75, 3.05) is 19.7 Å². The van der Waals surface area contributed by atoms with Crippen molar-refractivity contribution in [3.63, 3.8) is 0 Å². The molecule has 0 spiro atoms. The van der Waals surface area contributed by atoms with Gasteiger partial charge in [0.15, 0.2) is 0 Å². The van der Waals surface area contributed by atoms with Gasteiger partial charge in [-0.05, 0) is 13.3 Å². The Hall–Kier alpha value is -0.770. The van der Waals surface area contributed by atoms with E-state index in [0.717, 1.165) is 0 Å². The lowest BCUT2D eigenvalue weighted by Gasteiger charge is -2.02. The Morgan fingerprint density at radius 2 is 2.10 bits per heavy atom. The van der Waals surface area contributed by atoms with Gasteiger partial charge >= 0.3 is 6.03 Å². The van der Waals surface area contributed by atoms with Crippen molar-refractivity contribution in [2.45, 2.75) is 13.3 Å². The number of amides is 2. The standard InChI is InChI=1S/C6H13N2O2/c1-2-7-6(10)8-4-3-5-9/h2-5H2,1H3,(H2,7,8,10). The van der Waals surface area contributed by atoms with Crippen molar-refractivity contribution in [1.29, 1.82) is 0 Å². The molecule has 0 rings (SSSR count). The predicted molar refractivity (Wildman–Crippen MR) is 37.2 cm³/mol. The fourth-order valence-corrected chi connectivity index (χ4v) is 0.497. The maximum absolute atomic E-state index is 10.6. The summed E-state index contributed by atoms with van der Waals surface area (Å²) in [6.07, 6.45) is 0.497. The summed E-state index contributed by atoms with van der Waals surface area (Å²) in [6, 6.07) is -0.198. The van der Waals surface area contributed by atoms with E-state index >= 15 is 0 Å². The van der Waals surface area contributed by atoms with Crippen molar-refractivity contribution >= 4 is 6.03 Å². The molecule has 0 aliphatic carbocycles. The highest BCUT2D eigenvalue weighted by molar-refractivity contribution is 5.73. The minimum absolute atomic E-state index is 0.133. The van der Waals surface area contributed by atoms with Crippen LogP contribution in [0.15, 0.2) is 0 Å². The Balaban J connectivity index is 3.05. The zero-order chi connectivity index (χ0) is 7.82. The van der Waals surface area contributed by atoms with Crippen molar-refractivity contribution in [1.82, 2.24) is 10.6 Å². The summed E-state index contributed by atoms with van der Waals surface area (Å²) >= 11 is 0. The summed E-state index contributed by atoms with van der Waals surface area (Å²) in [5.74, 6) is 0. The maximum atomic E-state index is 10.6. The molecule has 0 heterocycles. The molecule has 0 atom stereocenters. The molecular formula is C6H13N2O2. The Labute approximate surface area is 60.6 Å². The molecule has 0 aromatic carbocycles. The fourth-order valence-electron chi connectivity index (χ4n) is 0.497. The molecule has 0 saturated heterocycles. The Morgan fingerprint density at radius 1 is 1.40 bits per heavy atom. The van der Waals surface area contributed by atoms with E-state index in [-0.39, 0.29) is 12.6 Å².